The standard InChI is InChI=1S/C16H25NO2/c1-12(2)19-16-6-4-5-15(18-3)14(16)11-13-7-9-17-10-8-13/h4-6,12-13,17H,7-11H2,1-3H3. The van der Waals surface area contributed by atoms with E-state index in [1.165, 1.54) is 18.4 Å². The van der Waals surface area contributed by atoms with E-state index in [0.29, 0.717) is 0 Å². The average Bonchev–Trinajstić information content (AvgIpc) is 2.41. The van der Waals surface area contributed by atoms with Crippen LogP contribution in [0.4, 0.5) is 0 Å². The molecule has 1 fully saturated rings. The molecule has 0 aliphatic carbocycles. The van der Waals surface area contributed by atoms with Crippen molar-refractivity contribution in [3.8, 4) is 11.5 Å². The summed E-state index contributed by atoms with van der Waals surface area (Å²) in [6.07, 6.45) is 3.71. The zero-order valence-corrected chi connectivity index (χ0v) is 12.2. The van der Waals surface area contributed by atoms with Crippen LogP contribution in [0.15, 0.2) is 18.2 Å². The molecule has 1 aliphatic heterocycles. The number of hydrogen-bond donors (Lipinski definition) is 1. The van der Waals surface area contributed by atoms with Gasteiger partial charge in [0.15, 0.2) is 0 Å². The summed E-state index contributed by atoms with van der Waals surface area (Å²) in [5, 5.41) is 3.41. The lowest BCUT2D eigenvalue weighted by molar-refractivity contribution is 0.236. The van der Waals surface area contributed by atoms with Gasteiger partial charge in [-0.15, -0.1) is 0 Å². The van der Waals surface area contributed by atoms with E-state index in [2.05, 4.69) is 25.2 Å². The monoisotopic (exact) mass is 263 g/mol. The Bertz CT molecular complexity index is 398. The largest absolute Gasteiger partial charge is 0.496 e. The number of nitrogens with one attached hydrogen (secondary N) is 1. The molecule has 1 heterocycles. The Kier molecular flexibility index (Phi) is 5.08. The van der Waals surface area contributed by atoms with Gasteiger partial charge in [-0.25, -0.2) is 0 Å². The molecule has 19 heavy (non-hydrogen) atoms. The third-order valence-electron chi connectivity index (χ3n) is 3.62. The van der Waals surface area contributed by atoms with Crippen molar-refractivity contribution in [2.75, 3.05) is 20.2 Å². The Hall–Kier alpha value is -1.22. The highest BCUT2D eigenvalue weighted by Gasteiger charge is 2.19. The van der Waals surface area contributed by atoms with Crippen molar-refractivity contribution in [2.45, 2.75) is 39.2 Å². The summed E-state index contributed by atoms with van der Waals surface area (Å²) >= 11 is 0. The van der Waals surface area contributed by atoms with Crippen molar-refractivity contribution in [3.63, 3.8) is 0 Å². The van der Waals surface area contributed by atoms with Gasteiger partial charge in [-0.05, 0) is 64.3 Å². The fourth-order valence-corrected chi connectivity index (χ4v) is 2.68. The lowest BCUT2D eigenvalue weighted by atomic mass is 9.90. The molecule has 1 N–H and O–H groups in total. The van der Waals surface area contributed by atoms with Crippen molar-refractivity contribution in [3.05, 3.63) is 23.8 Å². The highest BCUT2D eigenvalue weighted by atomic mass is 16.5. The van der Waals surface area contributed by atoms with E-state index < -0.39 is 0 Å². The predicted molar refractivity (Wildman–Crippen MR) is 78.1 cm³/mol. The zero-order valence-electron chi connectivity index (χ0n) is 12.2. The minimum Gasteiger partial charge on any atom is -0.496 e. The minimum absolute atomic E-state index is 0.193. The summed E-state index contributed by atoms with van der Waals surface area (Å²) in [5.41, 5.74) is 1.23. The maximum Gasteiger partial charge on any atom is 0.126 e. The quantitative estimate of drug-likeness (QED) is 0.885. The summed E-state index contributed by atoms with van der Waals surface area (Å²) in [7, 11) is 1.74. The first-order valence-corrected chi connectivity index (χ1v) is 7.24. The van der Waals surface area contributed by atoms with Crippen molar-refractivity contribution >= 4 is 0 Å². The van der Waals surface area contributed by atoms with Gasteiger partial charge in [0.1, 0.15) is 11.5 Å². The molecule has 3 nitrogen and oxygen atoms in total. The molecule has 0 atom stereocenters. The predicted octanol–water partition coefficient (Wildman–Crippen LogP) is 3.02. The Balaban J connectivity index is 2.18. The molecule has 0 bridgehead atoms. The van der Waals surface area contributed by atoms with Gasteiger partial charge >= 0.3 is 0 Å². The second-order valence-corrected chi connectivity index (χ2v) is 5.50. The van der Waals surface area contributed by atoms with Gasteiger partial charge in [-0.1, -0.05) is 6.07 Å². The minimum atomic E-state index is 0.193. The Labute approximate surface area is 116 Å². The lowest BCUT2D eigenvalue weighted by Crippen LogP contribution is -2.28. The average molecular weight is 263 g/mol. The second kappa shape index (κ2) is 6.80. The Morgan fingerprint density at radius 3 is 2.53 bits per heavy atom. The van der Waals surface area contributed by atoms with Crippen LogP contribution >= 0.6 is 0 Å². The third-order valence-corrected chi connectivity index (χ3v) is 3.62. The zero-order chi connectivity index (χ0) is 13.7. The van der Waals surface area contributed by atoms with Gasteiger partial charge in [0.05, 0.1) is 13.2 Å². The first-order valence-electron chi connectivity index (χ1n) is 7.24. The normalized spacial score (nSPS) is 16.6. The molecule has 2 rings (SSSR count). The first kappa shape index (κ1) is 14.2. The second-order valence-electron chi connectivity index (χ2n) is 5.50. The molecule has 0 radical (unpaired) electrons. The molecule has 1 saturated heterocycles. The smallest absolute Gasteiger partial charge is 0.126 e. The van der Waals surface area contributed by atoms with Crippen LogP contribution in [0.25, 0.3) is 0 Å². The third kappa shape index (κ3) is 3.87. The van der Waals surface area contributed by atoms with E-state index in [1.807, 2.05) is 12.1 Å². The SMILES string of the molecule is COc1cccc(OC(C)C)c1CC1CCNCC1. The van der Waals surface area contributed by atoms with Crippen molar-refractivity contribution in [1.82, 2.24) is 5.32 Å². The van der Waals surface area contributed by atoms with Gasteiger partial charge in [0, 0.05) is 5.56 Å². The van der Waals surface area contributed by atoms with Gasteiger partial charge < -0.3 is 14.8 Å². The van der Waals surface area contributed by atoms with Crippen LogP contribution < -0.4 is 14.8 Å². The molecule has 1 aromatic rings. The van der Waals surface area contributed by atoms with E-state index in [-0.39, 0.29) is 6.10 Å². The topological polar surface area (TPSA) is 30.5 Å². The van der Waals surface area contributed by atoms with E-state index in [1.54, 1.807) is 7.11 Å². The van der Waals surface area contributed by atoms with Gasteiger partial charge in [-0.3, -0.25) is 0 Å². The molecule has 0 unspecified atom stereocenters. The van der Waals surface area contributed by atoms with Crippen molar-refractivity contribution in [1.29, 1.82) is 0 Å². The lowest BCUT2D eigenvalue weighted by Gasteiger charge is -2.25. The van der Waals surface area contributed by atoms with Gasteiger partial charge in [0.2, 0.25) is 0 Å². The number of benzene rings is 1. The van der Waals surface area contributed by atoms with Gasteiger partial charge in [0.25, 0.3) is 0 Å². The Morgan fingerprint density at radius 2 is 1.89 bits per heavy atom. The molecule has 1 aliphatic rings. The highest BCUT2D eigenvalue weighted by Crippen LogP contribution is 2.33. The number of methoxy groups -OCH3 is 1. The fourth-order valence-electron chi connectivity index (χ4n) is 2.68. The number of hydrogen-bond acceptors (Lipinski definition) is 3. The van der Waals surface area contributed by atoms with Crippen molar-refractivity contribution in [2.24, 2.45) is 5.92 Å². The first-order chi connectivity index (χ1) is 9.20. The Morgan fingerprint density at radius 1 is 1.21 bits per heavy atom. The number of piperidine rings is 1. The molecule has 3 heteroatoms. The molecule has 106 valence electrons. The molecule has 0 spiro atoms. The molecule has 0 aromatic heterocycles. The van der Waals surface area contributed by atoms with Crippen LogP contribution in [-0.4, -0.2) is 26.3 Å². The van der Waals surface area contributed by atoms with Crippen LogP contribution in [0.3, 0.4) is 0 Å². The number of rotatable bonds is 5. The highest BCUT2D eigenvalue weighted by molar-refractivity contribution is 5.45. The summed E-state index contributed by atoms with van der Waals surface area (Å²) in [6, 6.07) is 6.09. The van der Waals surface area contributed by atoms with Gasteiger partial charge in [-0.2, -0.15) is 0 Å². The molecule has 0 saturated carbocycles. The van der Waals surface area contributed by atoms with Crippen LogP contribution in [0.1, 0.15) is 32.3 Å². The van der Waals surface area contributed by atoms with Crippen LogP contribution in [0.5, 0.6) is 11.5 Å². The summed E-state index contributed by atoms with van der Waals surface area (Å²) in [4.78, 5) is 0. The number of ether oxygens (including phenoxy) is 2. The van der Waals surface area contributed by atoms with E-state index in [4.69, 9.17) is 9.47 Å². The molecular formula is C16H25NO2. The molecule has 1 aromatic carbocycles. The summed E-state index contributed by atoms with van der Waals surface area (Å²) < 4.78 is 11.4. The van der Waals surface area contributed by atoms with Crippen LogP contribution in [-0.2, 0) is 6.42 Å². The maximum absolute atomic E-state index is 5.93. The van der Waals surface area contributed by atoms with E-state index in [0.717, 1.165) is 36.9 Å². The summed E-state index contributed by atoms with van der Waals surface area (Å²) in [5.74, 6) is 2.66. The fraction of sp³-hybridized carbons (Fsp3) is 0.625. The van der Waals surface area contributed by atoms with E-state index in [9.17, 15) is 0 Å². The van der Waals surface area contributed by atoms with Crippen molar-refractivity contribution < 1.29 is 9.47 Å². The van der Waals surface area contributed by atoms with Crippen LogP contribution in [0, 0.1) is 5.92 Å². The summed E-state index contributed by atoms with van der Waals surface area (Å²) in [6.45, 7) is 6.38. The van der Waals surface area contributed by atoms with Crippen LogP contribution in [0.2, 0.25) is 0 Å². The maximum atomic E-state index is 5.93. The molecular weight excluding hydrogens is 238 g/mol. The molecule has 0 amide bonds. The van der Waals surface area contributed by atoms with E-state index >= 15 is 0 Å².